The van der Waals surface area contributed by atoms with Crippen LogP contribution in [0.2, 0.25) is 0 Å². The molecule has 1 N–H and O–H groups in total. The van der Waals surface area contributed by atoms with E-state index in [4.69, 9.17) is 0 Å². The summed E-state index contributed by atoms with van der Waals surface area (Å²) in [5.41, 5.74) is 1.60. The molecule has 4 rings (SSSR count). The first-order valence-corrected chi connectivity index (χ1v) is 8.03. The third kappa shape index (κ3) is 1.90. The minimum atomic E-state index is -0.427. The fourth-order valence-electron chi connectivity index (χ4n) is 4.40. The van der Waals surface area contributed by atoms with Crippen molar-refractivity contribution in [2.24, 2.45) is 5.92 Å². The van der Waals surface area contributed by atoms with Gasteiger partial charge < -0.3 is 10.0 Å². The fourth-order valence-corrected chi connectivity index (χ4v) is 4.40. The summed E-state index contributed by atoms with van der Waals surface area (Å²) in [7, 11) is 0. The van der Waals surface area contributed by atoms with Crippen molar-refractivity contribution in [2.45, 2.75) is 31.4 Å². The van der Waals surface area contributed by atoms with E-state index in [9.17, 15) is 15.2 Å². The summed E-state index contributed by atoms with van der Waals surface area (Å²) < 4.78 is 0. The Morgan fingerprint density at radius 2 is 1.96 bits per heavy atom. The van der Waals surface area contributed by atoms with Crippen LogP contribution in [-0.4, -0.2) is 34.6 Å². The van der Waals surface area contributed by atoms with Crippen LogP contribution in [0.1, 0.15) is 30.4 Å². The number of carbonyl (C=O) groups is 1. The molecule has 0 aliphatic carbocycles. The maximum absolute atomic E-state index is 12.9. The number of nitriles is 1. The van der Waals surface area contributed by atoms with Crippen molar-refractivity contribution in [3.05, 3.63) is 47.5 Å². The standard InChI is InChI=1S/C19H18N2O2/c1-11-17(19(23)21-9-8-16(22)18(11)21)15-7-6-12(10-20)13-4-2-3-5-14(13)15/h2-7,11,16-18,22H,8-9H2,1H3/t11?,16-,17?,18+/m0/s1. The Hall–Kier alpha value is -2.38. The maximum atomic E-state index is 12.9. The molecule has 0 spiro atoms. The molecule has 0 saturated carbocycles. The smallest absolute Gasteiger partial charge is 0.230 e. The molecule has 4 heteroatoms. The molecule has 4 atom stereocenters. The Kier molecular flexibility index (Phi) is 3.14. The van der Waals surface area contributed by atoms with Gasteiger partial charge in [0, 0.05) is 6.54 Å². The zero-order chi connectivity index (χ0) is 16.1. The van der Waals surface area contributed by atoms with Gasteiger partial charge in [-0.3, -0.25) is 4.79 Å². The van der Waals surface area contributed by atoms with Crippen LogP contribution in [0.3, 0.4) is 0 Å². The van der Waals surface area contributed by atoms with E-state index in [0.717, 1.165) is 16.3 Å². The van der Waals surface area contributed by atoms with Crippen molar-refractivity contribution in [1.82, 2.24) is 4.90 Å². The molecule has 23 heavy (non-hydrogen) atoms. The van der Waals surface area contributed by atoms with Gasteiger partial charge in [0.15, 0.2) is 0 Å². The minimum absolute atomic E-state index is 0.0661. The van der Waals surface area contributed by atoms with Crippen LogP contribution in [0.25, 0.3) is 10.8 Å². The van der Waals surface area contributed by atoms with Crippen molar-refractivity contribution >= 4 is 16.7 Å². The summed E-state index contributed by atoms with van der Waals surface area (Å²) in [4.78, 5) is 14.7. The van der Waals surface area contributed by atoms with Gasteiger partial charge in [-0.15, -0.1) is 0 Å². The van der Waals surface area contributed by atoms with Gasteiger partial charge in [0.1, 0.15) is 0 Å². The van der Waals surface area contributed by atoms with Crippen LogP contribution in [0.5, 0.6) is 0 Å². The van der Waals surface area contributed by atoms with Crippen LogP contribution in [0.15, 0.2) is 36.4 Å². The Bertz CT molecular complexity index is 839. The molecule has 2 aliphatic heterocycles. The van der Waals surface area contributed by atoms with E-state index in [2.05, 4.69) is 13.0 Å². The average molecular weight is 306 g/mol. The van der Waals surface area contributed by atoms with Crippen molar-refractivity contribution in [3.8, 4) is 6.07 Å². The molecule has 2 aliphatic rings. The molecule has 4 nitrogen and oxygen atoms in total. The number of aliphatic hydroxyl groups excluding tert-OH is 1. The molecule has 2 saturated heterocycles. The summed E-state index contributed by atoms with van der Waals surface area (Å²) in [6, 6.07) is 13.6. The number of benzene rings is 2. The van der Waals surface area contributed by atoms with Gasteiger partial charge in [-0.05, 0) is 34.7 Å². The molecule has 0 bridgehead atoms. The number of hydrogen-bond donors (Lipinski definition) is 1. The number of rotatable bonds is 1. The second-order valence-electron chi connectivity index (χ2n) is 6.57. The van der Waals surface area contributed by atoms with Gasteiger partial charge in [0.2, 0.25) is 5.91 Å². The van der Waals surface area contributed by atoms with E-state index in [1.54, 1.807) is 6.07 Å². The summed E-state index contributed by atoms with van der Waals surface area (Å²) in [5.74, 6) is -0.0714. The zero-order valence-corrected chi connectivity index (χ0v) is 12.9. The lowest BCUT2D eigenvalue weighted by Crippen LogP contribution is -2.34. The molecule has 2 heterocycles. The molecule has 2 fully saturated rings. The van der Waals surface area contributed by atoms with E-state index in [1.165, 1.54) is 0 Å². The Labute approximate surface area is 134 Å². The van der Waals surface area contributed by atoms with Crippen LogP contribution >= 0.6 is 0 Å². The van der Waals surface area contributed by atoms with Crippen molar-refractivity contribution < 1.29 is 9.90 Å². The lowest BCUT2D eigenvalue weighted by atomic mass is 9.82. The number of nitrogens with zero attached hydrogens (tertiary/aromatic N) is 2. The minimum Gasteiger partial charge on any atom is -0.391 e. The third-order valence-corrected chi connectivity index (χ3v) is 5.45. The molecule has 0 aromatic heterocycles. The molecule has 2 unspecified atom stereocenters. The molecular weight excluding hydrogens is 288 g/mol. The zero-order valence-electron chi connectivity index (χ0n) is 12.9. The summed E-state index contributed by atoms with van der Waals surface area (Å²) in [6.45, 7) is 2.69. The van der Waals surface area contributed by atoms with E-state index in [1.807, 2.05) is 35.2 Å². The van der Waals surface area contributed by atoms with Gasteiger partial charge in [-0.2, -0.15) is 5.26 Å². The summed E-state index contributed by atoms with van der Waals surface area (Å²) >= 11 is 0. The van der Waals surface area contributed by atoms with Crippen molar-refractivity contribution in [1.29, 1.82) is 5.26 Å². The number of amides is 1. The van der Waals surface area contributed by atoms with E-state index in [0.29, 0.717) is 18.5 Å². The first kappa shape index (κ1) is 14.2. The van der Waals surface area contributed by atoms with Crippen LogP contribution in [-0.2, 0) is 4.79 Å². The van der Waals surface area contributed by atoms with Gasteiger partial charge in [0.25, 0.3) is 0 Å². The Morgan fingerprint density at radius 1 is 1.22 bits per heavy atom. The molecular formula is C19H18N2O2. The highest BCUT2D eigenvalue weighted by molar-refractivity contribution is 5.97. The number of carbonyl (C=O) groups excluding carboxylic acids is 1. The van der Waals surface area contributed by atoms with E-state index >= 15 is 0 Å². The normalized spacial score (nSPS) is 29.8. The van der Waals surface area contributed by atoms with Crippen molar-refractivity contribution in [2.75, 3.05) is 6.54 Å². The van der Waals surface area contributed by atoms with Gasteiger partial charge in [-0.1, -0.05) is 37.3 Å². The second-order valence-corrected chi connectivity index (χ2v) is 6.57. The lowest BCUT2D eigenvalue weighted by molar-refractivity contribution is -0.129. The predicted molar refractivity (Wildman–Crippen MR) is 86.7 cm³/mol. The number of hydrogen-bond acceptors (Lipinski definition) is 3. The maximum Gasteiger partial charge on any atom is 0.230 e. The highest BCUT2D eigenvalue weighted by Gasteiger charge is 2.52. The summed E-state index contributed by atoms with van der Waals surface area (Å²) in [6.07, 6.45) is 0.241. The average Bonchev–Trinajstić information content (AvgIpc) is 3.07. The lowest BCUT2D eigenvalue weighted by Gasteiger charge is -2.21. The van der Waals surface area contributed by atoms with Crippen molar-refractivity contribution in [3.63, 3.8) is 0 Å². The van der Waals surface area contributed by atoms with Crippen LogP contribution < -0.4 is 0 Å². The summed E-state index contributed by atoms with van der Waals surface area (Å²) in [5, 5.41) is 21.4. The first-order valence-electron chi connectivity index (χ1n) is 8.03. The number of fused-ring (bicyclic) bond motifs is 2. The van der Waals surface area contributed by atoms with E-state index in [-0.39, 0.29) is 23.8 Å². The van der Waals surface area contributed by atoms with Gasteiger partial charge >= 0.3 is 0 Å². The largest absolute Gasteiger partial charge is 0.391 e. The van der Waals surface area contributed by atoms with Crippen LogP contribution in [0.4, 0.5) is 0 Å². The molecule has 116 valence electrons. The Balaban J connectivity index is 1.88. The van der Waals surface area contributed by atoms with E-state index < -0.39 is 6.10 Å². The van der Waals surface area contributed by atoms with Gasteiger partial charge in [-0.25, -0.2) is 0 Å². The van der Waals surface area contributed by atoms with Crippen LogP contribution in [0, 0.1) is 17.2 Å². The monoisotopic (exact) mass is 306 g/mol. The van der Waals surface area contributed by atoms with Gasteiger partial charge in [0.05, 0.1) is 29.7 Å². The first-order chi connectivity index (χ1) is 11.1. The highest BCUT2D eigenvalue weighted by Crippen LogP contribution is 2.44. The SMILES string of the molecule is CC1C(c2ccc(C#N)c3ccccc23)C(=O)N2CC[C@H](O)[C@@H]12. The topological polar surface area (TPSA) is 64.3 Å². The molecule has 2 aromatic rings. The molecule has 2 aromatic carbocycles. The number of aliphatic hydroxyl groups is 1. The Morgan fingerprint density at radius 3 is 2.65 bits per heavy atom. The third-order valence-electron chi connectivity index (χ3n) is 5.45. The quantitative estimate of drug-likeness (QED) is 0.880. The fraction of sp³-hybridized carbons (Fsp3) is 0.368. The molecule has 0 radical (unpaired) electrons. The predicted octanol–water partition coefficient (Wildman–Crippen LogP) is 2.41. The second kappa shape index (κ2) is 5.07. The highest BCUT2D eigenvalue weighted by atomic mass is 16.3. The molecule has 1 amide bonds.